The number of amides is 2. The molecule has 2 amide bonds. The second-order valence-corrected chi connectivity index (χ2v) is 5.50. The summed E-state index contributed by atoms with van der Waals surface area (Å²) in [5.74, 6) is -2.98. The van der Waals surface area contributed by atoms with Gasteiger partial charge in [-0.05, 0) is 37.1 Å². The molecule has 1 heterocycles. The number of nitrogens with two attached hydrogens (primary N) is 1. The van der Waals surface area contributed by atoms with Gasteiger partial charge >= 0.3 is 6.18 Å². The minimum atomic E-state index is -4.93. The fraction of sp³-hybridized carbons (Fsp3) is 0.312. The van der Waals surface area contributed by atoms with Crippen LogP contribution in [0.5, 0.6) is 0 Å². The predicted octanol–water partition coefficient (Wildman–Crippen LogP) is 1.83. The summed E-state index contributed by atoms with van der Waals surface area (Å²) in [6.07, 6.45) is -2.44. The molecule has 1 aromatic carbocycles. The number of primary amides is 1. The van der Waals surface area contributed by atoms with E-state index in [1.807, 2.05) is 0 Å². The number of benzene rings is 1. The molecule has 1 saturated heterocycles. The zero-order chi connectivity index (χ0) is 18.6. The van der Waals surface area contributed by atoms with E-state index in [1.165, 1.54) is 29.2 Å². The fourth-order valence-corrected chi connectivity index (χ4v) is 2.45. The van der Waals surface area contributed by atoms with Gasteiger partial charge in [0.05, 0.1) is 0 Å². The van der Waals surface area contributed by atoms with Gasteiger partial charge < -0.3 is 16.0 Å². The van der Waals surface area contributed by atoms with E-state index in [0.717, 1.165) is 6.20 Å². The zero-order valence-corrected chi connectivity index (χ0v) is 13.0. The van der Waals surface area contributed by atoms with Crippen LogP contribution in [0.25, 0.3) is 0 Å². The largest absolute Gasteiger partial charge is 0.454 e. The smallest absolute Gasteiger partial charge is 0.366 e. The highest BCUT2D eigenvalue weighted by Gasteiger charge is 2.37. The van der Waals surface area contributed by atoms with Crippen molar-refractivity contribution in [3.63, 3.8) is 0 Å². The fourth-order valence-electron chi connectivity index (χ4n) is 2.45. The average Bonchev–Trinajstić information content (AvgIpc) is 3.00. The van der Waals surface area contributed by atoms with Crippen LogP contribution in [-0.2, 0) is 9.59 Å². The Hall–Kier alpha value is -2.84. The first-order chi connectivity index (χ1) is 11.7. The lowest BCUT2D eigenvalue weighted by Gasteiger charge is -2.22. The molecule has 134 valence electrons. The summed E-state index contributed by atoms with van der Waals surface area (Å²) in [6, 6.07) is 5.23. The van der Waals surface area contributed by atoms with Crippen LogP contribution in [0.4, 0.5) is 18.9 Å². The number of allylic oxidation sites excluding steroid dienone is 1. The lowest BCUT2D eigenvalue weighted by molar-refractivity contribution is -0.165. The van der Waals surface area contributed by atoms with Gasteiger partial charge in [-0.25, -0.2) is 0 Å². The predicted molar refractivity (Wildman–Crippen MR) is 83.5 cm³/mol. The maximum absolute atomic E-state index is 12.3. The molecule has 0 saturated carbocycles. The second-order valence-electron chi connectivity index (χ2n) is 5.50. The average molecular weight is 355 g/mol. The summed E-state index contributed by atoms with van der Waals surface area (Å²) >= 11 is 0. The number of carbonyl (C=O) groups excluding carboxylic acids is 3. The van der Waals surface area contributed by atoms with Crippen molar-refractivity contribution in [2.45, 2.75) is 25.1 Å². The number of alkyl halides is 3. The first kappa shape index (κ1) is 18.5. The zero-order valence-electron chi connectivity index (χ0n) is 13.0. The third kappa shape index (κ3) is 4.82. The number of carbonyl (C=O) groups is 3. The Morgan fingerprint density at radius 1 is 1.20 bits per heavy atom. The molecule has 2 rings (SSSR count). The molecule has 0 aromatic heterocycles. The van der Waals surface area contributed by atoms with Gasteiger partial charge in [-0.2, -0.15) is 13.2 Å². The van der Waals surface area contributed by atoms with Gasteiger partial charge in [-0.1, -0.05) is 0 Å². The SMILES string of the molecule is NC(=O)c1ccc(NC(=O)[C@H]2CCCN2/C=C/C(=O)C(F)(F)F)cc1. The van der Waals surface area contributed by atoms with E-state index < -0.39 is 29.8 Å². The van der Waals surface area contributed by atoms with Gasteiger partial charge in [0.1, 0.15) is 6.04 Å². The van der Waals surface area contributed by atoms with Gasteiger partial charge in [0.15, 0.2) is 0 Å². The van der Waals surface area contributed by atoms with Crippen molar-refractivity contribution in [3.8, 4) is 0 Å². The normalized spacial score (nSPS) is 17.7. The van der Waals surface area contributed by atoms with Crippen molar-refractivity contribution >= 4 is 23.3 Å². The number of ketones is 1. The summed E-state index contributed by atoms with van der Waals surface area (Å²) in [4.78, 5) is 35.6. The lowest BCUT2D eigenvalue weighted by Crippen LogP contribution is -2.36. The van der Waals surface area contributed by atoms with E-state index >= 15 is 0 Å². The molecule has 0 radical (unpaired) electrons. The van der Waals surface area contributed by atoms with E-state index in [4.69, 9.17) is 5.73 Å². The Labute approximate surface area is 141 Å². The van der Waals surface area contributed by atoms with E-state index in [0.29, 0.717) is 31.1 Å². The highest BCUT2D eigenvalue weighted by atomic mass is 19.4. The molecule has 6 nitrogen and oxygen atoms in total. The highest BCUT2D eigenvalue weighted by Crippen LogP contribution is 2.21. The van der Waals surface area contributed by atoms with E-state index in [2.05, 4.69) is 5.32 Å². The van der Waals surface area contributed by atoms with Crippen molar-refractivity contribution in [2.24, 2.45) is 5.73 Å². The first-order valence-electron chi connectivity index (χ1n) is 7.44. The third-order valence-electron chi connectivity index (χ3n) is 3.73. The minimum Gasteiger partial charge on any atom is -0.366 e. The molecule has 1 fully saturated rings. The van der Waals surface area contributed by atoms with Crippen LogP contribution in [0.1, 0.15) is 23.2 Å². The molecule has 0 unspecified atom stereocenters. The Bertz CT molecular complexity index is 699. The molecule has 1 atom stereocenters. The molecule has 1 aliphatic heterocycles. The topological polar surface area (TPSA) is 92.5 Å². The van der Waals surface area contributed by atoms with Crippen LogP contribution in [0.15, 0.2) is 36.5 Å². The number of hydrogen-bond acceptors (Lipinski definition) is 4. The van der Waals surface area contributed by atoms with E-state index in [9.17, 15) is 27.6 Å². The number of hydrogen-bond donors (Lipinski definition) is 2. The Morgan fingerprint density at radius 2 is 1.84 bits per heavy atom. The second kappa shape index (κ2) is 7.37. The van der Waals surface area contributed by atoms with Crippen LogP contribution >= 0.6 is 0 Å². The van der Waals surface area contributed by atoms with Gasteiger partial charge in [0, 0.05) is 30.1 Å². The van der Waals surface area contributed by atoms with Gasteiger partial charge in [0.25, 0.3) is 5.78 Å². The monoisotopic (exact) mass is 355 g/mol. The number of likely N-dealkylation sites (tertiary alicyclic amines) is 1. The van der Waals surface area contributed by atoms with Crippen LogP contribution < -0.4 is 11.1 Å². The molecule has 1 aromatic rings. The quantitative estimate of drug-likeness (QED) is 0.788. The molecule has 0 bridgehead atoms. The molecule has 25 heavy (non-hydrogen) atoms. The number of halogens is 3. The molecule has 0 aliphatic carbocycles. The summed E-state index contributed by atoms with van der Waals surface area (Å²) in [5, 5.41) is 2.62. The first-order valence-corrected chi connectivity index (χ1v) is 7.44. The van der Waals surface area contributed by atoms with Crippen molar-refractivity contribution in [2.75, 3.05) is 11.9 Å². The summed E-state index contributed by atoms with van der Waals surface area (Å²) in [7, 11) is 0. The highest BCUT2D eigenvalue weighted by molar-refractivity contribution is 5.97. The lowest BCUT2D eigenvalue weighted by atomic mass is 10.1. The summed E-state index contributed by atoms with van der Waals surface area (Å²) < 4.78 is 36.7. The maximum Gasteiger partial charge on any atom is 0.454 e. The number of rotatable bonds is 5. The molecule has 3 N–H and O–H groups in total. The van der Waals surface area contributed by atoms with Crippen molar-refractivity contribution in [1.29, 1.82) is 0 Å². The molecular weight excluding hydrogens is 339 g/mol. The molecule has 9 heteroatoms. The Balaban J connectivity index is 2.01. The molecular formula is C16H16F3N3O3. The van der Waals surface area contributed by atoms with E-state index in [-0.39, 0.29) is 5.56 Å². The summed E-state index contributed by atoms with van der Waals surface area (Å²) in [5.41, 5.74) is 5.84. The Kier molecular flexibility index (Phi) is 5.45. The third-order valence-corrected chi connectivity index (χ3v) is 3.73. The molecule has 0 spiro atoms. The standard InChI is InChI=1S/C16H16F3N3O3/c17-16(18,19)13(23)7-9-22-8-1-2-12(22)15(25)21-11-5-3-10(4-6-11)14(20)24/h3-7,9,12H,1-2,8H2,(H2,20,24)(H,21,25)/b9-7+/t12-/m1/s1. The van der Waals surface area contributed by atoms with Gasteiger partial charge in [-0.15, -0.1) is 0 Å². The van der Waals surface area contributed by atoms with Gasteiger partial charge in [-0.3, -0.25) is 14.4 Å². The van der Waals surface area contributed by atoms with Crippen LogP contribution in [0, 0.1) is 0 Å². The summed E-state index contributed by atoms with van der Waals surface area (Å²) in [6.45, 7) is 0.375. The minimum absolute atomic E-state index is 0.286. The number of nitrogens with one attached hydrogen (secondary N) is 1. The van der Waals surface area contributed by atoms with Crippen LogP contribution in [0.2, 0.25) is 0 Å². The van der Waals surface area contributed by atoms with Crippen molar-refractivity contribution in [1.82, 2.24) is 4.90 Å². The number of anilines is 1. The van der Waals surface area contributed by atoms with Crippen molar-refractivity contribution < 1.29 is 27.6 Å². The Morgan fingerprint density at radius 3 is 2.40 bits per heavy atom. The number of nitrogens with zero attached hydrogens (tertiary/aromatic N) is 1. The van der Waals surface area contributed by atoms with Gasteiger partial charge in [0.2, 0.25) is 11.8 Å². The van der Waals surface area contributed by atoms with E-state index in [1.54, 1.807) is 0 Å². The molecule has 1 aliphatic rings. The van der Waals surface area contributed by atoms with Crippen LogP contribution in [0.3, 0.4) is 0 Å². The maximum atomic E-state index is 12.3. The van der Waals surface area contributed by atoms with Crippen LogP contribution in [-0.4, -0.2) is 41.3 Å². The van der Waals surface area contributed by atoms with Crippen molar-refractivity contribution in [3.05, 3.63) is 42.1 Å².